The number of aromatic nitrogens is 2. The molecule has 2 aromatic rings. The zero-order chi connectivity index (χ0) is 16.6. The molecule has 0 saturated carbocycles. The second-order valence-corrected chi connectivity index (χ2v) is 5.62. The molecule has 0 aliphatic rings. The summed E-state index contributed by atoms with van der Waals surface area (Å²) < 4.78 is 104. The van der Waals surface area contributed by atoms with E-state index in [1.807, 2.05) is 0 Å². The Bertz CT molecular complexity index is 639. The van der Waals surface area contributed by atoms with Gasteiger partial charge in [-0.1, -0.05) is 0 Å². The summed E-state index contributed by atoms with van der Waals surface area (Å²) in [5, 5.41) is 0. The Labute approximate surface area is 124 Å². The van der Waals surface area contributed by atoms with Crippen molar-refractivity contribution in [2.75, 3.05) is 0 Å². The van der Waals surface area contributed by atoms with Crippen molar-refractivity contribution in [2.45, 2.75) is 9.79 Å². The minimum Gasteiger partial charge on any atom is -0.201 e. The van der Waals surface area contributed by atoms with E-state index in [1.54, 1.807) is 0 Å². The largest absolute Gasteiger partial charge is 0.252 e. The van der Waals surface area contributed by atoms with Crippen LogP contribution in [-0.4, -0.2) is 9.97 Å². The zero-order valence-corrected chi connectivity index (χ0v) is 11.4. The monoisotopic (exact) mass is 364 g/mol. The minimum absolute atomic E-state index is 0.194. The molecule has 2 nitrogen and oxygen atoms in total. The summed E-state index contributed by atoms with van der Waals surface area (Å²) in [6, 6.07) is 0. The lowest BCUT2D eigenvalue weighted by atomic mass is 10.4. The van der Waals surface area contributed by atoms with Crippen LogP contribution in [-0.2, 0) is 0 Å². The Balaban J connectivity index is 2.40. The second-order valence-electron chi connectivity index (χ2n) is 3.47. The van der Waals surface area contributed by atoms with Crippen LogP contribution in [0.5, 0.6) is 0 Å². The van der Waals surface area contributed by atoms with Crippen LogP contribution >= 0.6 is 21.6 Å². The summed E-state index contributed by atoms with van der Waals surface area (Å²) in [6.07, 6.45) is 0. The predicted molar refractivity (Wildman–Crippen MR) is 59.9 cm³/mol. The Morgan fingerprint density at radius 3 is 0.909 bits per heavy atom. The topological polar surface area (TPSA) is 25.8 Å². The maximum Gasteiger partial charge on any atom is 0.252 e. The average molecular weight is 364 g/mol. The van der Waals surface area contributed by atoms with Crippen molar-refractivity contribution in [3.8, 4) is 0 Å². The van der Waals surface area contributed by atoms with E-state index in [2.05, 4.69) is 9.97 Å². The first kappa shape index (κ1) is 16.8. The van der Waals surface area contributed by atoms with Crippen molar-refractivity contribution < 1.29 is 35.1 Å². The molecule has 0 saturated heterocycles. The van der Waals surface area contributed by atoms with Crippen LogP contribution in [0.4, 0.5) is 35.1 Å². The summed E-state index contributed by atoms with van der Waals surface area (Å²) in [6.45, 7) is 0. The molecule has 2 aromatic heterocycles. The molecule has 0 bridgehead atoms. The number of rotatable bonds is 3. The molecule has 0 atom stereocenters. The molecule has 0 radical (unpaired) electrons. The third kappa shape index (κ3) is 2.97. The Hall–Kier alpha value is -1.56. The van der Waals surface area contributed by atoms with Gasteiger partial charge in [-0.05, 0) is 21.6 Å². The van der Waals surface area contributed by atoms with Crippen LogP contribution in [0.15, 0.2) is 9.79 Å². The molecule has 118 valence electrons. The van der Waals surface area contributed by atoms with Crippen LogP contribution in [0.3, 0.4) is 0 Å². The lowest BCUT2D eigenvalue weighted by Crippen LogP contribution is -2.03. The minimum atomic E-state index is -1.99. The van der Waals surface area contributed by atoms with E-state index in [-0.39, 0.29) is 21.6 Å². The summed E-state index contributed by atoms with van der Waals surface area (Å²) in [5.41, 5.74) is 0. The predicted octanol–water partition coefficient (Wildman–Crippen LogP) is 4.39. The van der Waals surface area contributed by atoms with Gasteiger partial charge in [0.25, 0.3) is 23.8 Å². The number of pyridine rings is 2. The Morgan fingerprint density at radius 1 is 0.455 bits per heavy atom. The van der Waals surface area contributed by atoms with E-state index in [1.165, 1.54) is 0 Å². The smallest absolute Gasteiger partial charge is 0.201 e. The van der Waals surface area contributed by atoms with Gasteiger partial charge in [-0.2, -0.15) is 27.5 Å². The molecular formula is C10F8N2S2. The first-order valence-electron chi connectivity index (χ1n) is 4.98. The lowest BCUT2D eigenvalue weighted by molar-refractivity contribution is 0.383. The molecule has 2 rings (SSSR count). The van der Waals surface area contributed by atoms with Crippen molar-refractivity contribution in [3.63, 3.8) is 0 Å². The highest BCUT2D eigenvalue weighted by Crippen LogP contribution is 2.43. The van der Waals surface area contributed by atoms with Gasteiger partial charge < -0.3 is 0 Å². The van der Waals surface area contributed by atoms with E-state index in [9.17, 15) is 35.1 Å². The second kappa shape index (κ2) is 6.28. The maximum atomic E-state index is 13.3. The fraction of sp³-hybridized carbons (Fsp3) is 0. The van der Waals surface area contributed by atoms with Crippen molar-refractivity contribution in [1.82, 2.24) is 9.97 Å². The summed E-state index contributed by atoms with van der Waals surface area (Å²) >= 11 is 0. The molecule has 0 fully saturated rings. The van der Waals surface area contributed by atoms with Crippen molar-refractivity contribution >= 4 is 21.6 Å². The van der Waals surface area contributed by atoms with Gasteiger partial charge in [0, 0.05) is 0 Å². The van der Waals surface area contributed by atoms with Gasteiger partial charge >= 0.3 is 0 Å². The van der Waals surface area contributed by atoms with Gasteiger partial charge in [0.15, 0.2) is 23.3 Å². The normalized spacial score (nSPS) is 11.1. The van der Waals surface area contributed by atoms with Crippen molar-refractivity contribution in [3.05, 3.63) is 47.1 Å². The summed E-state index contributed by atoms with van der Waals surface area (Å²) in [5.74, 6) is -15.7. The van der Waals surface area contributed by atoms with Crippen LogP contribution in [0, 0.1) is 47.1 Å². The van der Waals surface area contributed by atoms with E-state index in [0.717, 1.165) is 0 Å². The van der Waals surface area contributed by atoms with Gasteiger partial charge in [0.1, 0.15) is 0 Å². The van der Waals surface area contributed by atoms with E-state index >= 15 is 0 Å². The van der Waals surface area contributed by atoms with E-state index in [0.29, 0.717) is 0 Å². The molecule has 2 heterocycles. The van der Waals surface area contributed by atoms with E-state index < -0.39 is 56.9 Å². The highest BCUT2D eigenvalue weighted by Gasteiger charge is 2.25. The van der Waals surface area contributed by atoms with Crippen molar-refractivity contribution in [1.29, 1.82) is 0 Å². The molecular weight excluding hydrogens is 364 g/mol. The molecule has 0 aliphatic heterocycles. The van der Waals surface area contributed by atoms with Gasteiger partial charge in [-0.15, -0.1) is 0 Å². The fourth-order valence-corrected chi connectivity index (χ4v) is 3.34. The van der Waals surface area contributed by atoms with Crippen LogP contribution in [0.25, 0.3) is 0 Å². The molecule has 0 unspecified atom stereocenters. The number of hydrogen-bond donors (Lipinski definition) is 0. The Morgan fingerprint density at radius 2 is 0.682 bits per heavy atom. The van der Waals surface area contributed by atoms with Gasteiger partial charge in [0.2, 0.25) is 0 Å². The zero-order valence-electron chi connectivity index (χ0n) is 9.73. The molecule has 0 amide bonds. The highest BCUT2D eigenvalue weighted by molar-refractivity contribution is 8.76. The summed E-state index contributed by atoms with van der Waals surface area (Å²) in [7, 11) is -0.387. The third-order valence-electron chi connectivity index (χ3n) is 2.12. The average Bonchev–Trinajstić information content (AvgIpc) is 2.46. The first-order chi connectivity index (χ1) is 10.2. The standard InChI is InChI=1S/C10F8N2S2/c11-1-5(2(12)8(16)19-7(1)15)21-22-6-3(13)9(17)20-10(18)4(6)14. The quantitative estimate of drug-likeness (QED) is 0.458. The van der Waals surface area contributed by atoms with Crippen LogP contribution < -0.4 is 0 Å². The molecule has 22 heavy (non-hydrogen) atoms. The first-order valence-corrected chi connectivity index (χ1v) is 7.13. The Kier molecular flexibility index (Phi) is 4.80. The summed E-state index contributed by atoms with van der Waals surface area (Å²) in [4.78, 5) is 1.91. The molecule has 12 heteroatoms. The van der Waals surface area contributed by atoms with Gasteiger partial charge in [-0.25, -0.2) is 17.6 Å². The highest BCUT2D eigenvalue weighted by atomic mass is 33.1. The third-order valence-corrected chi connectivity index (χ3v) is 4.51. The van der Waals surface area contributed by atoms with Gasteiger partial charge in [0.05, 0.1) is 9.79 Å². The number of hydrogen-bond acceptors (Lipinski definition) is 4. The van der Waals surface area contributed by atoms with Gasteiger partial charge in [-0.3, -0.25) is 0 Å². The van der Waals surface area contributed by atoms with Crippen LogP contribution in [0.2, 0.25) is 0 Å². The number of nitrogens with zero attached hydrogens (tertiary/aromatic N) is 2. The van der Waals surface area contributed by atoms with Crippen molar-refractivity contribution in [2.24, 2.45) is 0 Å². The molecule has 0 spiro atoms. The van der Waals surface area contributed by atoms with Crippen LogP contribution in [0.1, 0.15) is 0 Å². The fourth-order valence-electron chi connectivity index (χ4n) is 1.17. The molecule has 0 aromatic carbocycles. The number of halogens is 8. The van der Waals surface area contributed by atoms with E-state index in [4.69, 9.17) is 0 Å². The SMILES string of the molecule is Fc1nc(F)c(F)c(SSc2c(F)c(F)nc(F)c2F)c1F. The molecule has 0 N–H and O–H groups in total. The maximum absolute atomic E-state index is 13.3. The lowest BCUT2D eigenvalue weighted by Gasteiger charge is -2.07. The molecule has 0 aliphatic carbocycles.